The molecule has 13 heteroatoms. The molecule has 7 rings (SSSR count). The zero-order valence-electron chi connectivity index (χ0n) is 29.4. The first-order chi connectivity index (χ1) is 25.0. The van der Waals surface area contributed by atoms with E-state index in [0.717, 1.165) is 15.6 Å². The number of anilines is 1. The molecule has 1 spiro atoms. The second-order valence-corrected chi connectivity index (χ2v) is 18.8. The van der Waals surface area contributed by atoms with Crippen LogP contribution in [0.2, 0.25) is 18.6 Å². The van der Waals surface area contributed by atoms with Gasteiger partial charge in [0.15, 0.2) is 11.4 Å². The molecular formula is C39H41BrFN5O5Si. The van der Waals surface area contributed by atoms with Crippen molar-refractivity contribution in [1.82, 2.24) is 19.6 Å². The van der Waals surface area contributed by atoms with Gasteiger partial charge in [-0.3, -0.25) is 18.8 Å². The van der Waals surface area contributed by atoms with Crippen LogP contribution in [0.1, 0.15) is 41.6 Å². The van der Waals surface area contributed by atoms with Gasteiger partial charge in [0, 0.05) is 46.1 Å². The van der Waals surface area contributed by atoms with Gasteiger partial charge in [0.25, 0.3) is 11.5 Å². The number of carbonyl (C=O) groups is 1. The van der Waals surface area contributed by atoms with E-state index in [9.17, 15) is 14.7 Å². The molecule has 10 nitrogen and oxygen atoms in total. The van der Waals surface area contributed by atoms with Gasteiger partial charge < -0.3 is 23.6 Å². The van der Waals surface area contributed by atoms with Gasteiger partial charge in [-0.05, 0) is 73.1 Å². The van der Waals surface area contributed by atoms with Crippen molar-refractivity contribution in [3.05, 3.63) is 135 Å². The Kier molecular flexibility index (Phi) is 9.80. The third kappa shape index (κ3) is 6.33. The third-order valence-electron chi connectivity index (χ3n) is 10.5. The molecule has 2 aromatic heterocycles. The molecule has 0 aliphatic carbocycles. The number of aliphatic hydroxyl groups is 1. The van der Waals surface area contributed by atoms with Crippen LogP contribution in [0.3, 0.4) is 0 Å². The summed E-state index contributed by atoms with van der Waals surface area (Å²) in [5.74, 6) is -0.787. The Labute approximate surface area is 311 Å². The van der Waals surface area contributed by atoms with Gasteiger partial charge in [-0.1, -0.05) is 70.5 Å². The number of hydrogen-bond donors (Lipinski definition) is 1. The Morgan fingerprint density at radius 3 is 2.58 bits per heavy atom. The number of amides is 1. The van der Waals surface area contributed by atoms with E-state index in [1.165, 1.54) is 11.7 Å². The number of ether oxygens (including phenoxy) is 2. The van der Waals surface area contributed by atoms with Gasteiger partial charge in [0.05, 0.1) is 43.7 Å². The van der Waals surface area contributed by atoms with Gasteiger partial charge in [0.2, 0.25) is 8.41 Å². The van der Waals surface area contributed by atoms with Crippen LogP contribution >= 0.6 is 15.9 Å². The van der Waals surface area contributed by atoms with Crippen molar-refractivity contribution in [1.29, 1.82) is 0 Å². The van der Waals surface area contributed by atoms with Gasteiger partial charge in [-0.15, -0.1) is 5.10 Å². The maximum Gasteiger partial charge on any atom is 0.297 e. The van der Waals surface area contributed by atoms with E-state index in [2.05, 4.69) is 26.2 Å². The van der Waals surface area contributed by atoms with E-state index in [1.807, 2.05) is 85.9 Å². The first kappa shape index (κ1) is 35.9. The molecule has 4 heterocycles. The number of halogens is 2. The minimum atomic E-state index is -3.39. The number of aliphatic hydroxyl groups excluding tert-OH is 1. The third-order valence-corrected chi connectivity index (χ3v) is 13.5. The van der Waals surface area contributed by atoms with E-state index in [-0.39, 0.29) is 36.3 Å². The Hall–Kier alpha value is -4.43. The van der Waals surface area contributed by atoms with Crippen molar-refractivity contribution >= 4 is 35.9 Å². The summed E-state index contributed by atoms with van der Waals surface area (Å²) >= 11 is 3.61. The quantitative estimate of drug-likeness (QED) is 0.117. The number of hydrogen-bond acceptors (Lipinski definition) is 7. The molecule has 270 valence electrons. The molecule has 0 bridgehead atoms. The molecular weight excluding hydrogens is 745 g/mol. The number of rotatable bonds is 11. The highest BCUT2D eigenvalue weighted by Gasteiger charge is 2.66. The Morgan fingerprint density at radius 2 is 1.85 bits per heavy atom. The lowest BCUT2D eigenvalue weighted by Crippen LogP contribution is -2.45. The van der Waals surface area contributed by atoms with Gasteiger partial charge in [-0.25, -0.2) is 0 Å². The predicted molar refractivity (Wildman–Crippen MR) is 202 cm³/mol. The van der Waals surface area contributed by atoms with Crippen LogP contribution in [-0.4, -0.2) is 58.8 Å². The zero-order valence-corrected chi connectivity index (χ0v) is 32.0. The normalized spacial score (nSPS) is 21.9. The van der Waals surface area contributed by atoms with E-state index < -0.39 is 31.6 Å². The van der Waals surface area contributed by atoms with Crippen LogP contribution in [0, 0.1) is 5.92 Å². The van der Waals surface area contributed by atoms with Crippen molar-refractivity contribution in [3.8, 4) is 11.4 Å². The summed E-state index contributed by atoms with van der Waals surface area (Å²) < 4.78 is 32.6. The number of fused-ring (bicyclic) bond motifs is 2. The average molecular weight is 787 g/mol. The second-order valence-electron chi connectivity index (χ2n) is 14.1. The monoisotopic (exact) mass is 785 g/mol. The molecule has 1 fully saturated rings. The standard InChI is InChI=1S/C39H41BrFN5O5Si/c1-25-36(52(3,4)41)34(17-19-44-23-32(42-43-44)30(24-47)27-11-6-5-7-12-27)51-39(25)31-21-28(40)15-16-33(31)46(38(39)49)22-26-10-8-13-29(20-26)45-18-9-14-35(50-2)37(45)48/h5-16,18,20-21,23,25,30,34,36,47H,17,19,22,24H2,1-4H3/t25-,30?,34+,36-,39+/m1/s1. The second kappa shape index (κ2) is 14.2. The number of aromatic nitrogens is 4. The molecule has 52 heavy (non-hydrogen) atoms. The summed E-state index contributed by atoms with van der Waals surface area (Å²) in [7, 11) is -1.93. The fraction of sp³-hybridized carbons (Fsp3) is 0.333. The van der Waals surface area contributed by atoms with Crippen LogP contribution in [0.15, 0.2) is 107 Å². The minimum Gasteiger partial charge on any atom is -0.491 e. The number of benzene rings is 3. The van der Waals surface area contributed by atoms with Crippen LogP contribution in [0.25, 0.3) is 5.69 Å². The summed E-state index contributed by atoms with van der Waals surface area (Å²) in [6.45, 7) is 5.82. The molecule has 2 aliphatic rings. The van der Waals surface area contributed by atoms with Crippen LogP contribution in [0.4, 0.5) is 9.80 Å². The van der Waals surface area contributed by atoms with E-state index >= 15 is 4.11 Å². The fourth-order valence-electron chi connectivity index (χ4n) is 8.16. The van der Waals surface area contributed by atoms with Crippen molar-refractivity contribution in [2.75, 3.05) is 18.6 Å². The molecule has 5 atom stereocenters. The van der Waals surface area contributed by atoms with Crippen LogP contribution < -0.4 is 15.2 Å². The number of aryl methyl sites for hydroxylation is 1. The van der Waals surface area contributed by atoms with Gasteiger partial charge in [-0.2, -0.15) is 0 Å². The molecule has 2 aliphatic heterocycles. The molecule has 0 radical (unpaired) electrons. The van der Waals surface area contributed by atoms with Crippen molar-refractivity contribution in [2.45, 2.75) is 62.7 Å². The van der Waals surface area contributed by atoms with Gasteiger partial charge >= 0.3 is 0 Å². The zero-order chi connectivity index (χ0) is 36.8. The summed E-state index contributed by atoms with van der Waals surface area (Å²) in [5.41, 5.74) is 2.28. The highest BCUT2D eigenvalue weighted by atomic mass is 79.9. The lowest BCUT2D eigenvalue weighted by Gasteiger charge is -2.31. The van der Waals surface area contributed by atoms with Gasteiger partial charge in [0.1, 0.15) is 0 Å². The Bertz CT molecular complexity index is 2160. The average Bonchev–Trinajstić information content (AvgIpc) is 3.78. The Balaban J connectivity index is 1.19. The minimum absolute atomic E-state index is 0.115. The van der Waals surface area contributed by atoms with E-state index in [4.69, 9.17) is 9.47 Å². The lowest BCUT2D eigenvalue weighted by molar-refractivity contribution is -0.146. The highest BCUT2D eigenvalue weighted by Crippen LogP contribution is 2.60. The summed E-state index contributed by atoms with van der Waals surface area (Å²) in [6.07, 6.45) is 3.36. The SMILES string of the molecule is COc1cccn(-c2cccc(CN3C(=O)[C@@]4(O[C@@H](CCn5cc(C(CO)c6ccccc6)nn5)[C@H]([Si](C)(C)F)[C@H]4C)c4cc(Br)ccc43)c2)c1=O. The summed E-state index contributed by atoms with van der Waals surface area (Å²) in [6, 6.07) is 26.2. The molecule has 1 N–H and O–H groups in total. The predicted octanol–water partition coefficient (Wildman–Crippen LogP) is 6.74. The highest BCUT2D eigenvalue weighted by molar-refractivity contribution is 9.10. The smallest absolute Gasteiger partial charge is 0.297 e. The van der Waals surface area contributed by atoms with Crippen molar-refractivity contribution in [2.24, 2.45) is 5.92 Å². The maximum absolute atomic E-state index is 16.4. The molecule has 3 aromatic carbocycles. The van der Waals surface area contributed by atoms with Crippen LogP contribution in [0.5, 0.6) is 5.75 Å². The molecule has 1 saturated heterocycles. The number of methoxy groups -OCH3 is 1. The topological polar surface area (TPSA) is 112 Å². The maximum atomic E-state index is 16.4. The van der Waals surface area contributed by atoms with Crippen LogP contribution in [-0.2, 0) is 28.2 Å². The molecule has 5 aromatic rings. The van der Waals surface area contributed by atoms with E-state index in [0.29, 0.717) is 35.6 Å². The number of pyridine rings is 1. The first-order valence-corrected chi connectivity index (χ1v) is 21.1. The molecule has 1 unspecified atom stereocenters. The molecule has 0 saturated carbocycles. The van der Waals surface area contributed by atoms with Crippen molar-refractivity contribution < 1.29 is 23.5 Å². The fourth-order valence-corrected chi connectivity index (χ4v) is 11.1. The molecule has 1 amide bonds. The number of carbonyl (C=O) groups excluding carboxylic acids is 1. The summed E-state index contributed by atoms with van der Waals surface area (Å²) in [5, 5.41) is 18.9. The summed E-state index contributed by atoms with van der Waals surface area (Å²) in [4.78, 5) is 29.6. The van der Waals surface area contributed by atoms with E-state index in [1.54, 1.807) is 41.0 Å². The first-order valence-electron chi connectivity index (χ1n) is 17.4. The Morgan fingerprint density at radius 1 is 1.06 bits per heavy atom. The lowest BCUT2D eigenvalue weighted by atomic mass is 9.82. The largest absolute Gasteiger partial charge is 0.491 e. The van der Waals surface area contributed by atoms with Crippen molar-refractivity contribution in [3.63, 3.8) is 0 Å². The number of nitrogens with zero attached hydrogens (tertiary/aromatic N) is 5.